The zero-order valence-electron chi connectivity index (χ0n) is 14.7. The number of aromatic nitrogens is 1. The van der Waals surface area contributed by atoms with Gasteiger partial charge >= 0.3 is 0 Å². The molecule has 0 unspecified atom stereocenters. The number of halogens is 1. The molecule has 136 valence electrons. The molecule has 0 aliphatic carbocycles. The Balaban J connectivity index is 1.74. The monoisotopic (exact) mass is 362 g/mol. The highest BCUT2D eigenvalue weighted by Crippen LogP contribution is 2.21. The topological polar surface area (TPSA) is 42.4 Å². The van der Waals surface area contributed by atoms with Gasteiger partial charge in [-0.1, -0.05) is 24.3 Å². The molecule has 3 rings (SSSR count). The lowest BCUT2D eigenvalue weighted by Crippen LogP contribution is -2.31. The van der Waals surface area contributed by atoms with Crippen LogP contribution in [0.3, 0.4) is 0 Å². The summed E-state index contributed by atoms with van der Waals surface area (Å²) in [6.45, 7) is 4.18. The number of nitrogens with zero attached hydrogens (tertiary/aromatic N) is 2. The van der Waals surface area contributed by atoms with Crippen LogP contribution in [0.5, 0.6) is 11.5 Å². The lowest BCUT2D eigenvalue weighted by molar-refractivity contribution is 0.0761. The van der Waals surface area contributed by atoms with Crippen molar-refractivity contribution in [3.8, 4) is 11.5 Å². The van der Waals surface area contributed by atoms with Crippen LogP contribution in [-0.4, -0.2) is 22.3 Å². The van der Waals surface area contributed by atoms with E-state index in [0.29, 0.717) is 29.2 Å². The molecule has 0 aliphatic rings. The predicted octanol–water partition coefficient (Wildman–Crippen LogP) is 4.84. The number of ether oxygens (including phenoxy) is 1. The summed E-state index contributed by atoms with van der Waals surface area (Å²) in [7, 11) is 0. The van der Waals surface area contributed by atoms with E-state index in [1.54, 1.807) is 78.0 Å². The van der Waals surface area contributed by atoms with Crippen LogP contribution in [-0.2, 0) is 6.54 Å². The van der Waals surface area contributed by atoms with Gasteiger partial charge in [-0.05, 0) is 42.5 Å². The van der Waals surface area contributed by atoms with E-state index in [1.807, 2.05) is 0 Å². The van der Waals surface area contributed by atoms with E-state index in [1.165, 1.54) is 6.07 Å². The minimum absolute atomic E-state index is 0.172. The van der Waals surface area contributed by atoms with Crippen molar-refractivity contribution in [3.05, 3.63) is 103 Å². The van der Waals surface area contributed by atoms with Crippen molar-refractivity contribution in [2.24, 2.45) is 0 Å². The lowest BCUT2D eigenvalue weighted by Gasteiger charge is -2.21. The fourth-order valence-electron chi connectivity index (χ4n) is 2.60. The first-order valence-corrected chi connectivity index (χ1v) is 8.49. The van der Waals surface area contributed by atoms with Gasteiger partial charge in [-0.3, -0.25) is 9.78 Å². The van der Waals surface area contributed by atoms with Crippen LogP contribution < -0.4 is 4.74 Å². The number of amides is 1. The third-order valence-corrected chi connectivity index (χ3v) is 3.93. The Labute approximate surface area is 157 Å². The molecule has 2 aromatic carbocycles. The van der Waals surface area contributed by atoms with Crippen LogP contribution in [0.4, 0.5) is 4.39 Å². The highest BCUT2D eigenvalue weighted by Gasteiger charge is 2.16. The molecule has 0 saturated heterocycles. The van der Waals surface area contributed by atoms with Gasteiger partial charge in [0, 0.05) is 30.4 Å². The van der Waals surface area contributed by atoms with Crippen molar-refractivity contribution in [1.82, 2.24) is 9.88 Å². The molecule has 0 bridgehead atoms. The van der Waals surface area contributed by atoms with E-state index in [4.69, 9.17) is 4.74 Å². The van der Waals surface area contributed by atoms with Crippen LogP contribution >= 0.6 is 0 Å². The summed E-state index contributed by atoms with van der Waals surface area (Å²) in [4.78, 5) is 18.4. The molecular weight excluding hydrogens is 343 g/mol. The Morgan fingerprint density at radius 2 is 1.85 bits per heavy atom. The summed E-state index contributed by atoms with van der Waals surface area (Å²) in [6, 6.07) is 16.8. The van der Waals surface area contributed by atoms with E-state index in [0.717, 1.165) is 0 Å². The van der Waals surface area contributed by atoms with Crippen molar-refractivity contribution in [3.63, 3.8) is 0 Å². The first-order valence-electron chi connectivity index (χ1n) is 8.49. The molecule has 1 heterocycles. The second-order valence-corrected chi connectivity index (χ2v) is 5.88. The number of hydrogen-bond acceptors (Lipinski definition) is 3. The molecule has 5 heteroatoms. The Bertz CT molecular complexity index is 911. The summed E-state index contributed by atoms with van der Waals surface area (Å²) in [5.74, 6) is 0.680. The highest BCUT2D eigenvalue weighted by molar-refractivity contribution is 5.94. The molecular formula is C22H19FN2O2. The van der Waals surface area contributed by atoms with Crippen LogP contribution in [0.15, 0.2) is 85.7 Å². The third kappa shape index (κ3) is 4.79. The van der Waals surface area contributed by atoms with Crippen molar-refractivity contribution < 1.29 is 13.9 Å². The van der Waals surface area contributed by atoms with Gasteiger partial charge < -0.3 is 9.64 Å². The minimum atomic E-state index is -0.334. The Morgan fingerprint density at radius 3 is 2.52 bits per heavy atom. The summed E-state index contributed by atoms with van der Waals surface area (Å²) in [6.07, 6.45) is 4.90. The van der Waals surface area contributed by atoms with Crippen LogP contribution in [0, 0.1) is 5.82 Å². The predicted molar refractivity (Wildman–Crippen MR) is 102 cm³/mol. The van der Waals surface area contributed by atoms with E-state index >= 15 is 0 Å². The van der Waals surface area contributed by atoms with Crippen LogP contribution in [0.2, 0.25) is 0 Å². The molecule has 0 atom stereocenters. The quantitative estimate of drug-likeness (QED) is 0.565. The fourth-order valence-corrected chi connectivity index (χ4v) is 2.60. The van der Waals surface area contributed by atoms with Gasteiger partial charge in [0.15, 0.2) is 0 Å². The smallest absolute Gasteiger partial charge is 0.254 e. The third-order valence-electron chi connectivity index (χ3n) is 3.93. The van der Waals surface area contributed by atoms with Crippen molar-refractivity contribution in [2.45, 2.75) is 6.54 Å². The maximum absolute atomic E-state index is 13.9. The SMILES string of the molecule is C=CCN(Cc1ccccc1F)C(=O)c1ccc(Oc2cccnc2)cc1. The Kier molecular flexibility index (Phi) is 5.94. The summed E-state index contributed by atoms with van der Waals surface area (Å²) >= 11 is 0. The average molecular weight is 362 g/mol. The molecule has 0 aliphatic heterocycles. The van der Waals surface area contributed by atoms with Crippen LogP contribution in [0.25, 0.3) is 0 Å². The number of benzene rings is 2. The number of hydrogen-bond donors (Lipinski definition) is 0. The van der Waals surface area contributed by atoms with E-state index < -0.39 is 0 Å². The molecule has 3 aromatic rings. The van der Waals surface area contributed by atoms with Gasteiger partial charge in [0.05, 0.1) is 6.20 Å². The van der Waals surface area contributed by atoms with Crippen molar-refractivity contribution in [1.29, 1.82) is 0 Å². The highest BCUT2D eigenvalue weighted by atomic mass is 19.1. The number of carbonyl (C=O) groups excluding carboxylic acids is 1. The zero-order chi connectivity index (χ0) is 19.1. The maximum atomic E-state index is 13.9. The van der Waals surface area contributed by atoms with Gasteiger partial charge in [0.1, 0.15) is 17.3 Å². The molecule has 0 fully saturated rings. The summed E-state index contributed by atoms with van der Waals surface area (Å²) in [5.41, 5.74) is 0.955. The molecule has 0 saturated carbocycles. The average Bonchev–Trinajstić information content (AvgIpc) is 2.70. The molecule has 27 heavy (non-hydrogen) atoms. The Morgan fingerprint density at radius 1 is 1.07 bits per heavy atom. The van der Waals surface area contributed by atoms with Gasteiger partial charge in [0.2, 0.25) is 0 Å². The Hall–Kier alpha value is -3.47. The first kappa shape index (κ1) is 18.3. The molecule has 0 radical (unpaired) electrons. The normalized spacial score (nSPS) is 10.3. The largest absolute Gasteiger partial charge is 0.456 e. The van der Waals surface area contributed by atoms with Gasteiger partial charge in [-0.2, -0.15) is 0 Å². The molecule has 0 spiro atoms. The number of carbonyl (C=O) groups is 1. The summed E-state index contributed by atoms with van der Waals surface area (Å²) < 4.78 is 19.6. The second-order valence-electron chi connectivity index (χ2n) is 5.88. The number of rotatable bonds is 7. The maximum Gasteiger partial charge on any atom is 0.254 e. The van der Waals surface area contributed by atoms with Gasteiger partial charge in [-0.25, -0.2) is 4.39 Å². The fraction of sp³-hybridized carbons (Fsp3) is 0.0909. The van der Waals surface area contributed by atoms with Crippen LogP contribution in [0.1, 0.15) is 15.9 Å². The van der Waals surface area contributed by atoms with E-state index in [9.17, 15) is 9.18 Å². The number of pyridine rings is 1. The van der Waals surface area contributed by atoms with Gasteiger partial charge in [0.25, 0.3) is 5.91 Å². The standard InChI is InChI=1S/C22H19FN2O2/c1-2-14-25(16-18-6-3-4-8-21(18)23)22(26)17-9-11-19(12-10-17)27-20-7-5-13-24-15-20/h2-13,15H,1,14,16H2. The summed E-state index contributed by atoms with van der Waals surface area (Å²) in [5, 5.41) is 0. The van der Waals surface area contributed by atoms with E-state index in [-0.39, 0.29) is 18.3 Å². The minimum Gasteiger partial charge on any atom is -0.456 e. The van der Waals surface area contributed by atoms with Crippen molar-refractivity contribution >= 4 is 5.91 Å². The molecule has 1 aromatic heterocycles. The zero-order valence-corrected chi connectivity index (χ0v) is 14.7. The second kappa shape index (κ2) is 8.76. The van der Waals surface area contributed by atoms with Crippen molar-refractivity contribution in [2.75, 3.05) is 6.54 Å². The molecule has 4 nitrogen and oxygen atoms in total. The molecule has 0 N–H and O–H groups in total. The van der Waals surface area contributed by atoms with Gasteiger partial charge in [-0.15, -0.1) is 6.58 Å². The first-order chi connectivity index (χ1) is 13.2. The van der Waals surface area contributed by atoms with E-state index in [2.05, 4.69) is 11.6 Å². The molecule has 1 amide bonds. The lowest BCUT2D eigenvalue weighted by atomic mass is 10.1.